The SMILES string of the molecule is CC(C)C1CNCCC1(CCOc1nn2cc(-c3ccc(S(C)(=O)=O)cc3C(F)(F)F)nc2s1)c1cnno1. The predicted octanol–water partition coefficient (Wildman–Crippen LogP) is 4.24. The molecule has 1 N–H and O–H groups in total. The fraction of sp³-hybridized carbons (Fsp3) is 0.500. The summed E-state index contributed by atoms with van der Waals surface area (Å²) in [6.45, 7) is 6.33. The lowest BCUT2D eigenvalue weighted by molar-refractivity contribution is -0.137. The van der Waals surface area contributed by atoms with E-state index in [1.807, 2.05) is 0 Å². The molecule has 15 heteroatoms. The maximum Gasteiger partial charge on any atom is 0.417 e. The van der Waals surface area contributed by atoms with Crippen LogP contribution in [0.25, 0.3) is 16.2 Å². The van der Waals surface area contributed by atoms with Gasteiger partial charge < -0.3 is 14.6 Å². The van der Waals surface area contributed by atoms with Gasteiger partial charge in [-0.1, -0.05) is 19.9 Å². The van der Waals surface area contributed by atoms with E-state index in [1.165, 1.54) is 10.7 Å². The molecule has 1 saturated heterocycles. The van der Waals surface area contributed by atoms with Gasteiger partial charge in [-0.05, 0) is 61.2 Å². The van der Waals surface area contributed by atoms with E-state index < -0.39 is 26.5 Å². The number of halogens is 3. The van der Waals surface area contributed by atoms with Gasteiger partial charge in [-0.25, -0.2) is 17.9 Å². The van der Waals surface area contributed by atoms with E-state index in [0.717, 1.165) is 55.0 Å². The van der Waals surface area contributed by atoms with E-state index in [2.05, 4.69) is 39.6 Å². The zero-order chi connectivity index (χ0) is 28.0. The lowest BCUT2D eigenvalue weighted by Crippen LogP contribution is -2.50. The molecule has 2 atom stereocenters. The maximum atomic E-state index is 13.8. The van der Waals surface area contributed by atoms with Crippen LogP contribution in [0.2, 0.25) is 0 Å². The summed E-state index contributed by atoms with van der Waals surface area (Å²) in [4.78, 5) is 4.23. The zero-order valence-electron chi connectivity index (χ0n) is 21.4. The number of nitrogens with zero attached hydrogens (tertiary/aromatic N) is 5. The van der Waals surface area contributed by atoms with Crippen LogP contribution in [-0.4, -0.2) is 59.3 Å². The largest absolute Gasteiger partial charge is 0.469 e. The average Bonchev–Trinajstić information content (AvgIpc) is 3.60. The quantitative estimate of drug-likeness (QED) is 0.324. The molecular weight excluding hydrogens is 557 g/mol. The number of alkyl halides is 3. The molecular formula is C24H27F3N6O4S2. The molecule has 4 heterocycles. The standard InChI is InChI=1S/C24H27F3N6O4S2/c1-14(2)18-11-28-8-6-23(18,20-12-29-32-37-20)7-9-36-22-31-33-13-19(30-21(33)38-22)16-5-4-15(39(3,34)35)10-17(16)24(25,26)27/h4-5,10,12-14,18,28H,6-9,11H2,1-3H3. The highest BCUT2D eigenvalue weighted by molar-refractivity contribution is 7.90. The Bertz CT molecular complexity index is 1530. The lowest BCUT2D eigenvalue weighted by atomic mass is 9.63. The molecule has 1 aliphatic rings. The smallest absolute Gasteiger partial charge is 0.417 e. The Morgan fingerprint density at radius 1 is 1.33 bits per heavy atom. The van der Waals surface area contributed by atoms with Crippen LogP contribution < -0.4 is 10.1 Å². The van der Waals surface area contributed by atoms with Crippen molar-refractivity contribution in [3.8, 4) is 16.5 Å². The second kappa shape index (κ2) is 10.2. The predicted molar refractivity (Wildman–Crippen MR) is 136 cm³/mol. The molecule has 0 bridgehead atoms. The van der Waals surface area contributed by atoms with Gasteiger partial charge in [0.05, 0.1) is 35.2 Å². The first-order valence-corrected chi connectivity index (χ1v) is 15.0. The number of fused-ring (bicyclic) bond motifs is 1. The van der Waals surface area contributed by atoms with Gasteiger partial charge in [0.1, 0.15) is 0 Å². The van der Waals surface area contributed by atoms with E-state index in [0.29, 0.717) is 35.2 Å². The van der Waals surface area contributed by atoms with Crippen LogP contribution in [-0.2, 0) is 21.4 Å². The monoisotopic (exact) mass is 584 g/mol. The molecule has 1 fully saturated rings. The fourth-order valence-electron chi connectivity index (χ4n) is 5.35. The van der Waals surface area contributed by atoms with E-state index in [1.54, 1.807) is 6.20 Å². The van der Waals surface area contributed by atoms with Gasteiger partial charge in [-0.15, -0.1) is 10.2 Å². The number of aromatic nitrogens is 5. The topological polar surface area (TPSA) is 125 Å². The summed E-state index contributed by atoms with van der Waals surface area (Å²) in [5.41, 5.74) is -1.59. The first-order valence-electron chi connectivity index (χ1n) is 12.3. The minimum absolute atomic E-state index is 0.0268. The summed E-state index contributed by atoms with van der Waals surface area (Å²) >= 11 is 1.10. The number of hydrogen-bond acceptors (Lipinski definition) is 10. The minimum Gasteiger partial charge on any atom is -0.469 e. The van der Waals surface area contributed by atoms with Gasteiger partial charge in [0.2, 0.25) is 4.96 Å². The summed E-state index contributed by atoms with van der Waals surface area (Å²) < 4.78 is 77.8. The molecule has 5 rings (SSSR count). The van der Waals surface area contributed by atoms with Gasteiger partial charge in [-0.3, -0.25) is 0 Å². The van der Waals surface area contributed by atoms with Crippen LogP contribution in [0.3, 0.4) is 0 Å². The Hall–Kier alpha value is -3.04. The Kier molecular flexibility index (Phi) is 7.18. The molecule has 0 amide bonds. The number of imidazole rings is 1. The number of ether oxygens (including phenoxy) is 1. The average molecular weight is 585 g/mol. The molecule has 10 nitrogen and oxygen atoms in total. The van der Waals surface area contributed by atoms with Gasteiger partial charge in [0.15, 0.2) is 15.6 Å². The summed E-state index contributed by atoms with van der Waals surface area (Å²) in [6.07, 6.45) is 0.596. The summed E-state index contributed by atoms with van der Waals surface area (Å²) in [5.74, 6) is 1.38. The summed E-state index contributed by atoms with van der Waals surface area (Å²) in [6, 6.07) is 2.89. The molecule has 4 aromatic rings. The molecule has 39 heavy (non-hydrogen) atoms. The van der Waals surface area contributed by atoms with Crippen LogP contribution in [0.5, 0.6) is 5.19 Å². The number of nitrogens with one attached hydrogen (secondary N) is 1. The van der Waals surface area contributed by atoms with Crippen molar-refractivity contribution in [2.24, 2.45) is 11.8 Å². The molecule has 0 radical (unpaired) electrons. The first kappa shape index (κ1) is 27.5. The highest BCUT2D eigenvalue weighted by Crippen LogP contribution is 2.44. The van der Waals surface area contributed by atoms with Crippen molar-refractivity contribution < 1.29 is 30.8 Å². The van der Waals surface area contributed by atoms with Crippen LogP contribution in [0.1, 0.15) is 38.0 Å². The van der Waals surface area contributed by atoms with E-state index >= 15 is 0 Å². The molecule has 3 aromatic heterocycles. The van der Waals surface area contributed by atoms with Gasteiger partial charge in [-0.2, -0.15) is 13.2 Å². The second-order valence-corrected chi connectivity index (χ2v) is 13.0. The molecule has 2 unspecified atom stereocenters. The van der Waals surface area contributed by atoms with Crippen molar-refractivity contribution in [2.75, 3.05) is 26.0 Å². The van der Waals surface area contributed by atoms with E-state index in [4.69, 9.17) is 9.26 Å². The summed E-state index contributed by atoms with van der Waals surface area (Å²) in [7, 11) is -3.82. The number of rotatable bonds is 8. The number of benzene rings is 1. The van der Waals surface area contributed by atoms with Crippen molar-refractivity contribution in [3.63, 3.8) is 0 Å². The van der Waals surface area contributed by atoms with Crippen molar-refractivity contribution in [2.45, 2.75) is 43.2 Å². The third-order valence-electron chi connectivity index (χ3n) is 7.28. The number of sulfone groups is 1. The van der Waals surface area contributed by atoms with E-state index in [-0.39, 0.29) is 22.6 Å². The van der Waals surface area contributed by atoms with Crippen molar-refractivity contribution in [3.05, 3.63) is 41.9 Å². The first-order chi connectivity index (χ1) is 18.4. The maximum absolute atomic E-state index is 13.8. The highest BCUT2D eigenvalue weighted by Gasteiger charge is 2.46. The Balaban J connectivity index is 1.37. The second-order valence-electron chi connectivity index (χ2n) is 10.0. The third-order valence-corrected chi connectivity index (χ3v) is 9.22. The molecule has 0 aliphatic carbocycles. The Labute approximate surface area is 226 Å². The molecule has 0 spiro atoms. The van der Waals surface area contributed by atoms with Gasteiger partial charge in [0.25, 0.3) is 5.19 Å². The van der Waals surface area contributed by atoms with Crippen LogP contribution >= 0.6 is 11.3 Å². The van der Waals surface area contributed by atoms with Crippen molar-refractivity contribution >= 4 is 26.1 Å². The number of hydrogen-bond donors (Lipinski definition) is 1. The highest BCUT2D eigenvalue weighted by atomic mass is 32.2. The van der Waals surface area contributed by atoms with Crippen molar-refractivity contribution in [1.82, 2.24) is 30.3 Å². The molecule has 1 aliphatic heterocycles. The molecule has 1 aromatic carbocycles. The lowest BCUT2D eigenvalue weighted by Gasteiger charge is -2.44. The van der Waals surface area contributed by atoms with Gasteiger partial charge in [0, 0.05) is 22.5 Å². The van der Waals surface area contributed by atoms with Crippen LogP contribution in [0.15, 0.2) is 40.0 Å². The Morgan fingerprint density at radius 2 is 2.13 bits per heavy atom. The zero-order valence-corrected chi connectivity index (χ0v) is 23.0. The Morgan fingerprint density at radius 3 is 2.77 bits per heavy atom. The minimum atomic E-state index is -4.77. The van der Waals surface area contributed by atoms with Gasteiger partial charge >= 0.3 is 6.18 Å². The third kappa shape index (κ3) is 5.39. The number of piperidine rings is 1. The van der Waals surface area contributed by atoms with E-state index in [9.17, 15) is 21.6 Å². The van der Waals surface area contributed by atoms with Crippen LogP contribution in [0, 0.1) is 11.8 Å². The molecule has 210 valence electrons. The fourth-order valence-corrected chi connectivity index (χ4v) is 6.76. The molecule has 0 saturated carbocycles. The summed E-state index contributed by atoms with van der Waals surface area (Å²) in [5, 5.41) is 15.7. The normalized spacial score (nSPS) is 20.6. The van der Waals surface area contributed by atoms with Crippen molar-refractivity contribution in [1.29, 1.82) is 0 Å². The van der Waals surface area contributed by atoms with Crippen LogP contribution in [0.4, 0.5) is 13.2 Å².